The fraction of sp³-hybridized carbons (Fsp3) is 0.348. The topological polar surface area (TPSA) is 280 Å². The number of methoxy groups -OCH3 is 2. The second kappa shape index (κ2) is 27.9. The Morgan fingerprint density at radius 1 is 0.674 bits per heavy atom. The Morgan fingerprint density at radius 2 is 1.34 bits per heavy atom. The highest BCUT2D eigenvalue weighted by atomic mass is 16.6. The predicted molar refractivity (Wildman–Crippen MR) is 338 cm³/mol. The Bertz CT molecular complexity index is 3870. The van der Waals surface area contributed by atoms with Crippen molar-refractivity contribution >= 4 is 64.8 Å². The summed E-state index contributed by atoms with van der Waals surface area (Å²) in [4.78, 5) is 110. The fourth-order valence-corrected chi connectivity index (χ4v) is 12.0. The van der Waals surface area contributed by atoms with Crippen LogP contribution in [-0.2, 0) is 69.7 Å². The monoisotopic (exact) mass is 1250 g/mol. The number of amides is 7. The predicted octanol–water partition coefficient (Wildman–Crippen LogP) is 7.44. The van der Waals surface area contributed by atoms with Crippen LogP contribution in [0.15, 0.2) is 133 Å². The SMILES string of the molecule is COc1cc2c(cc1OCc1ccnc(COc3cc4c(cc3OC)C(=O)N3Cc5ccccc5C[C@H]3C(O)N4C(=O)OCc3ccc(NC(=O)[C@H](C)NC(=O)[C@@H](NC(=O)CCCCCN4C(=O)C=CC4O)C(C)C)cc3)c1)N=C[C@@H]1Cc3ccccc3CN1C2=O. The standard InChI is InChI=1S/C69H73N9O14/c1-40(2)63(74-60(79)17-7-6-12-26-75-61(80)22-23-62(75)81)65(83)72-41(3)64(82)73-48-20-18-42(19-21-48)37-92-69(87)78-54-33-59(57(89-5)31-52(54)67(85)77-36-47-16-11-9-14-45(47)29-55(77)68(78)86)91-39-49-27-43(24-25-70-49)38-90-58-32-53-51(30-56(58)88-4)66(84)76-35-46-15-10-8-13-44(46)28-50(76)34-71-53/h8-11,13-16,18-25,27,30-34,40-41,50,55,61,63,68,80,86H,6-7,12,17,26,28-29,35-39H2,1-5H3,(H,72,83)(H,73,82)(H,74,79)/t41-,50-,55-,61?,63-,68?/m0/s1. The highest BCUT2D eigenvalue weighted by Gasteiger charge is 2.46. The second-order valence-corrected chi connectivity index (χ2v) is 23.7. The number of benzene rings is 5. The van der Waals surface area contributed by atoms with Gasteiger partial charge in [0.25, 0.3) is 11.8 Å². The van der Waals surface area contributed by atoms with Gasteiger partial charge in [0.15, 0.2) is 29.2 Å². The summed E-state index contributed by atoms with van der Waals surface area (Å²) in [7, 11) is 2.94. The van der Waals surface area contributed by atoms with Gasteiger partial charge in [-0.15, -0.1) is 0 Å². The smallest absolute Gasteiger partial charge is 0.416 e. The maximum absolute atomic E-state index is 14.8. The summed E-state index contributed by atoms with van der Waals surface area (Å²) in [6.45, 7) is 5.78. The second-order valence-electron chi connectivity index (χ2n) is 23.7. The van der Waals surface area contributed by atoms with Crippen LogP contribution in [0.2, 0.25) is 0 Å². The maximum atomic E-state index is 14.8. The largest absolute Gasteiger partial charge is 0.493 e. The van der Waals surface area contributed by atoms with Gasteiger partial charge in [-0.05, 0) is 114 Å². The molecule has 6 atom stereocenters. The van der Waals surface area contributed by atoms with E-state index < -0.39 is 54.4 Å². The van der Waals surface area contributed by atoms with Crippen molar-refractivity contribution in [3.8, 4) is 23.0 Å². The van der Waals surface area contributed by atoms with Gasteiger partial charge in [0.2, 0.25) is 23.6 Å². The van der Waals surface area contributed by atoms with Gasteiger partial charge in [-0.2, -0.15) is 0 Å². The fourth-order valence-electron chi connectivity index (χ4n) is 12.0. The first-order chi connectivity index (χ1) is 44.4. The van der Waals surface area contributed by atoms with E-state index in [-0.39, 0.29) is 91.6 Å². The van der Waals surface area contributed by atoms with Crippen molar-refractivity contribution in [2.75, 3.05) is 31.0 Å². The minimum absolute atomic E-state index is 0.0141. The highest BCUT2D eigenvalue weighted by Crippen LogP contribution is 2.43. The van der Waals surface area contributed by atoms with Crippen molar-refractivity contribution in [3.63, 3.8) is 0 Å². The van der Waals surface area contributed by atoms with E-state index in [1.165, 1.54) is 55.9 Å². The molecule has 0 spiro atoms. The number of pyridine rings is 1. The van der Waals surface area contributed by atoms with E-state index in [9.17, 15) is 43.8 Å². The summed E-state index contributed by atoms with van der Waals surface area (Å²) in [5.41, 5.74) is 7.17. The van der Waals surface area contributed by atoms with Crippen LogP contribution in [0, 0.1) is 5.92 Å². The molecule has 0 saturated carbocycles. The quantitative estimate of drug-likeness (QED) is 0.0413. The zero-order valence-electron chi connectivity index (χ0n) is 51.7. The molecule has 5 N–H and O–H groups in total. The first kappa shape index (κ1) is 63.4. The molecule has 11 rings (SSSR count). The van der Waals surface area contributed by atoms with E-state index in [0.29, 0.717) is 78.5 Å². The molecule has 6 aromatic rings. The van der Waals surface area contributed by atoms with Crippen molar-refractivity contribution in [1.82, 2.24) is 30.3 Å². The van der Waals surface area contributed by atoms with Gasteiger partial charge in [0, 0.05) is 62.4 Å². The zero-order valence-corrected chi connectivity index (χ0v) is 51.7. The molecule has 23 heteroatoms. The lowest BCUT2D eigenvalue weighted by molar-refractivity contribution is -0.132. The van der Waals surface area contributed by atoms with E-state index in [1.54, 1.807) is 73.5 Å². The number of aliphatic hydroxyl groups excluding tert-OH is 2. The number of aliphatic hydroxyl groups is 2. The van der Waals surface area contributed by atoms with Crippen LogP contribution in [0.25, 0.3) is 0 Å². The number of nitrogens with one attached hydrogen (secondary N) is 3. The third-order valence-corrected chi connectivity index (χ3v) is 17.1. The third kappa shape index (κ3) is 13.9. The van der Waals surface area contributed by atoms with E-state index >= 15 is 0 Å². The van der Waals surface area contributed by atoms with Crippen molar-refractivity contribution < 1.29 is 67.5 Å². The van der Waals surface area contributed by atoms with Gasteiger partial charge in [-0.1, -0.05) is 80.9 Å². The maximum Gasteiger partial charge on any atom is 0.416 e. The molecular weight excluding hydrogens is 1180 g/mol. The molecule has 23 nitrogen and oxygen atoms in total. The Balaban J connectivity index is 0.732. The van der Waals surface area contributed by atoms with Crippen LogP contribution in [0.4, 0.5) is 21.9 Å². The Kier molecular flexibility index (Phi) is 19.3. The number of hydrogen-bond acceptors (Lipinski definition) is 16. The number of aromatic nitrogens is 1. The third-order valence-electron chi connectivity index (χ3n) is 17.1. The molecule has 7 amide bonds. The zero-order chi connectivity index (χ0) is 64.7. The highest BCUT2D eigenvalue weighted by molar-refractivity contribution is 6.06. The van der Waals surface area contributed by atoms with Gasteiger partial charge < -0.3 is 64.5 Å². The Labute approximate surface area is 531 Å². The molecule has 92 heavy (non-hydrogen) atoms. The average molecular weight is 1250 g/mol. The Hall–Kier alpha value is -10.1. The molecule has 2 unspecified atom stereocenters. The van der Waals surface area contributed by atoms with Crippen molar-refractivity contribution in [2.24, 2.45) is 10.9 Å². The van der Waals surface area contributed by atoms with Gasteiger partial charge in [-0.25, -0.2) is 9.69 Å². The van der Waals surface area contributed by atoms with Crippen LogP contribution in [0.5, 0.6) is 23.0 Å². The summed E-state index contributed by atoms with van der Waals surface area (Å²) < 4.78 is 30.2. The normalized spacial score (nSPS) is 18.4. The molecule has 5 aliphatic heterocycles. The van der Waals surface area contributed by atoms with Gasteiger partial charge in [0.05, 0.1) is 54.5 Å². The Morgan fingerprint density at radius 3 is 2.03 bits per heavy atom. The minimum Gasteiger partial charge on any atom is -0.493 e. The first-order valence-corrected chi connectivity index (χ1v) is 30.7. The van der Waals surface area contributed by atoms with Crippen molar-refractivity contribution in [2.45, 2.75) is 129 Å². The van der Waals surface area contributed by atoms with Crippen LogP contribution in [0.1, 0.15) is 106 Å². The molecule has 6 heterocycles. The molecule has 1 aromatic heterocycles. The lowest BCUT2D eigenvalue weighted by atomic mass is 9.93. The molecule has 0 saturated heterocycles. The van der Waals surface area contributed by atoms with Crippen LogP contribution < -0.4 is 39.8 Å². The lowest BCUT2D eigenvalue weighted by Crippen LogP contribution is -2.55. The molecule has 0 fully saturated rings. The number of carbonyl (C=O) groups excluding carboxylic acids is 7. The summed E-state index contributed by atoms with van der Waals surface area (Å²) in [5.74, 6) is -1.49. The number of ether oxygens (including phenoxy) is 5. The van der Waals surface area contributed by atoms with E-state index in [1.807, 2.05) is 53.6 Å². The number of fused-ring (bicyclic) bond motifs is 6. The van der Waals surface area contributed by atoms with E-state index in [2.05, 4.69) is 27.0 Å². The van der Waals surface area contributed by atoms with Crippen molar-refractivity contribution in [1.29, 1.82) is 0 Å². The summed E-state index contributed by atoms with van der Waals surface area (Å²) in [6, 6.07) is 29.1. The molecular formula is C69H73N9O14. The number of hydrogen-bond donors (Lipinski definition) is 5. The number of nitrogens with zero attached hydrogens (tertiary/aromatic N) is 6. The molecule has 5 aliphatic rings. The number of carbonyl (C=O) groups is 7. The van der Waals surface area contributed by atoms with Gasteiger partial charge in [-0.3, -0.25) is 38.7 Å². The van der Waals surface area contributed by atoms with Crippen LogP contribution in [0.3, 0.4) is 0 Å². The molecule has 0 aliphatic carbocycles. The van der Waals surface area contributed by atoms with E-state index in [4.69, 9.17) is 28.7 Å². The molecule has 0 radical (unpaired) electrons. The number of unbranched alkanes of at least 4 members (excludes halogenated alkanes) is 2. The van der Waals surface area contributed by atoms with Gasteiger partial charge in [0.1, 0.15) is 38.1 Å². The lowest BCUT2D eigenvalue weighted by Gasteiger charge is -2.39. The van der Waals surface area contributed by atoms with Gasteiger partial charge >= 0.3 is 6.09 Å². The number of anilines is 2. The number of aliphatic imine (C=N–C) groups is 1. The molecule has 478 valence electrons. The first-order valence-electron chi connectivity index (χ1n) is 30.7. The summed E-state index contributed by atoms with van der Waals surface area (Å²) in [5, 5.41) is 30.5. The molecule has 0 bridgehead atoms. The molecule has 5 aromatic carbocycles. The van der Waals surface area contributed by atoms with E-state index in [0.717, 1.165) is 27.2 Å². The summed E-state index contributed by atoms with van der Waals surface area (Å²) >= 11 is 0. The van der Waals surface area contributed by atoms with Crippen LogP contribution >= 0.6 is 0 Å². The van der Waals surface area contributed by atoms with Crippen LogP contribution in [-0.4, -0.2) is 135 Å². The number of rotatable bonds is 22. The average Bonchev–Trinajstić information content (AvgIpc) is 1.58. The minimum atomic E-state index is -1.59. The summed E-state index contributed by atoms with van der Waals surface area (Å²) in [6.07, 6.45) is 5.45. The van der Waals surface area contributed by atoms with Crippen molar-refractivity contribution in [3.05, 3.63) is 178 Å².